The Morgan fingerprint density at radius 2 is 1.30 bits per heavy atom. The van der Waals surface area contributed by atoms with Gasteiger partial charge in [0.1, 0.15) is 5.82 Å². The predicted molar refractivity (Wildman–Crippen MR) is 119 cm³/mol. The van der Waals surface area contributed by atoms with Crippen LogP contribution in [0, 0.1) is 0 Å². The fraction of sp³-hybridized carbons (Fsp3) is 0.167. The van der Waals surface area contributed by atoms with Crippen LogP contribution in [0.25, 0.3) is 22.3 Å². The molecule has 5 rings (SSSR count). The Morgan fingerprint density at radius 1 is 0.600 bits per heavy atom. The van der Waals surface area contributed by atoms with Crippen molar-refractivity contribution in [3.05, 3.63) is 85.6 Å². The summed E-state index contributed by atoms with van der Waals surface area (Å²) in [5, 5.41) is 0. The van der Waals surface area contributed by atoms with E-state index in [1.165, 1.54) is 0 Å². The highest BCUT2D eigenvalue weighted by atomic mass is 15.3. The summed E-state index contributed by atoms with van der Waals surface area (Å²) in [5.41, 5.74) is 4.53. The maximum absolute atomic E-state index is 4.91. The molecule has 0 saturated carbocycles. The maximum atomic E-state index is 4.91. The minimum absolute atomic E-state index is 0.791. The largest absolute Gasteiger partial charge is 0.353 e. The van der Waals surface area contributed by atoms with Crippen LogP contribution < -0.4 is 9.80 Å². The SMILES string of the molecule is c1ccc(-c2cnc(N3CCN(c4ncccn4)CC3)c(-c3ccncc3)c2)cc1. The first-order chi connectivity index (χ1) is 14.9. The van der Waals surface area contributed by atoms with Gasteiger partial charge in [0.15, 0.2) is 0 Å². The molecular formula is C24H22N6. The number of pyridine rings is 2. The summed E-state index contributed by atoms with van der Waals surface area (Å²) in [6.07, 6.45) is 9.22. The number of hydrogen-bond donors (Lipinski definition) is 0. The van der Waals surface area contributed by atoms with Crippen molar-refractivity contribution in [2.75, 3.05) is 36.0 Å². The minimum Gasteiger partial charge on any atom is -0.353 e. The molecular weight excluding hydrogens is 372 g/mol. The number of benzene rings is 1. The normalized spacial score (nSPS) is 14.0. The van der Waals surface area contributed by atoms with Crippen molar-refractivity contribution in [3.8, 4) is 22.3 Å². The molecule has 0 bridgehead atoms. The highest BCUT2D eigenvalue weighted by Gasteiger charge is 2.22. The molecule has 30 heavy (non-hydrogen) atoms. The molecule has 0 atom stereocenters. The molecule has 4 heterocycles. The van der Waals surface area contributed by atoms with E-state index in [9.17, 15) is 0 Å². The fourth-order valence-electron chi connectivity index (χ4n) is 3.81. The Morgan fingerprint density at radius 3 is 2.03 bits per heavy atom. The van der Waals surface area contributed by atoms with Crippen molar-refractivity contribution in [1.82, 2.24) is 19.9 Å². The number of rotatable bonds is 4. The van der Waals surface area contributed by atoms with Gasteiger partial charge >= 0.3 is 0 Å². The molecule has 1 fully saturated rings. The summed E-state index contributed by atoms with van der Waals surface area (Å²) in [5.74, 6) is 1.80. The Bertz CT molecular complexity index is 1090. The van der Waals surface area contributed by atoms with Crippen molar-refractivity contribution >= 4 is 11.8 Å². The third-order valence-electron chi connectivity index (χ3n) is 5.38. The monoisotopic (exact) mass is 394 g/mol. The van der Waals surface area contributed by atoms with E-state index in [0.29, 0.717) is 0 Å². The lowest BCUT2D eigenvalue weighted by Crippen LogP contribution is -2.47. The molecule has 4 aromatic rings. The van der Waals surface area contributed by atoms with Gasteiger partial charge in [0.25, 0.3) is 0 Å². The van der Waals surface area contributed by atoms with E-state index < -0.39 is 0 Å². The maximum Gasteiger partial charge on any atom is 0.225 e. The highest BCUT2D eigenvalue weighted by Crippen LogP contribution is 2.33. The van der Waals surface area contributed by atoms with Crippen molar-refractivity contribution < 1.29 is 0 Å². The number of piperazine rings is 1. The van der Waals surface area contributed by atoms with Gasteiger partial charge in [0.2, 0.25) is 5.95 Å². The lowest BCUT2D eigenvalue weighted by molar-refractivity contribution is 0.635. The third kappa shape index (κ3) is 3.72. The first-order valence-electron chi connectivity index (χ1n) is 10.1. The van der Waals surface area contributed by atoms with Gasteiger partial charge in [-0.1, -0.05) is 30.3 Å². The standard InChI is InChI=1S/C24H22N6/c1-2-5-19(6-3-1)21-17-22(20-7-11-25-12-8-20)23(28-18-21)29-13-15-30(16-14-29)24-26-9-4-10-27-24/h1-12,17-18H,13-16H2. The summed E-state index contributed by atoms with van der Waals surface area (Å²) in [4.78, 5) is 22.4. The lowest BCUT2D eigenvalue weighted by atomic mass is 10.0. The summed E-state index contributed by atoms with van der Waals surface area (Å²) in [6, 6.07) is 18.5. The van der Waals surface area contributed by atoms with Gasteiger partial charge in [-0.05, 0) is 35.4 Å². The van der Waals surface area contributed by atoms with Crippen LogP contribution in [0.4, 0.5) is 11.8 Å². The highest BCUT2D eigenvalue weighted by molar-refractivity contribution is 5.80. The first kappa shape index (κ1) is 18.2. The van der Waals surface area contributed by atoms with Crippen LogP contribution in [-0.2, 0) is 0 Å². The lowest BCUT2D eigenvalue weighted by Gasteiger charge is -2.36. The topological polar surface area (TPSA) is 58.0 Å². The molecule has 0 amide bonds. The Hall–Kier alpha value is -3.80. The quantitative estimate of drug-likeness (QED) is 0.523. The number of anilines is 2. The smallest absolute Gasteiger partial charge is 0.225 e. The zero-order valence-electron chi connectivity index (χ0n) is 16.6. The molecule has 148 valence electrons. The summed E-state index contributed by atoms with van der Waals surface area (Å²) < 4.78 is 0. The molecule has 1 aromatic carbocycles. The molecule has 1 aliphatic heterocycles. The molecule has 0 unspecified atom stereocenters. The van der Waals surface area contributed by atoms with Crippen LogP contribution in [0.1, 0.15) is 0 Å². The van der Waals surface area contributed by atoms with Crippen LogP contribution in [0.15, 0.2) is 85.6 Å². The van der Waals surface area contributed by atoms with Gasteiger partial charge in [0, 0.05) is 68.3 Å². The average molecular weight is 394 g/mol. The van der Waals surface area contributed by atoms with Crippen LogP contribution in [0.3, 0.4) is 0 Å². The molecule has 0 aliphatic carbocycles. The van der Waals surface area contributed by atoms with Gasteiger partial charge < -0.3 is 9.80 Å². The zero-order chi connectivity index (χ0) is 20.2. The summed E-state index contributed by atoms with van der Waals surface area (Å²) in [7, 11) is 0. The van der Waals surface area contributed by atoms with Crippen molar-refractivity contribution in [2.24, 2.45) is 0 Å². The van der Waals surface area contributed by atoms with Crippen LogP contribution in [0.5, 0.6) is 0 Å². The molecule has 1 aliphatic rings. The fourth-order valence-corrected chi connectivity index (χ4v) is 3.81. The van der Waals surface area contributed by atoms with Gasteiger partial charge in [-0.3, -0.25) is 4.98 Å². The van der Waals surface area contributed by atoms with E-state index >= 15 is 0 Å². The second kappa shape index (κ2) is 8.29. The van der Waals surface area contributed by atoms with Crippen molar-refractivity contribution in [3.63, 3.8) is 0 Å². The molecule has 6 heteroatoms. The van der Waals surface area contributed by atoms with Crippen molar-refractivity contribution in [2.45, 2.75) is 0 Å². The van der Waals surface area contributed by atoms with Gasteiger partial charge in [-0.15, -0.1) is 0 Å². The number of hydrogen-bond acceptors (Lipinski definition) is 6. The molecule has 0 radical (unpaired) electrons. The van der Waals surface area contributed by atoms with Gasteiger partial charge in [-0.25, -0.2) is 15.0 Å². The second-order valence-corrected chi connectivity index (χ2v) is 7.22. The van der Waals surface area contributed by atoms with Crippen LogP contribution in [0.2, 0.25) is 0 Å². The third-order valence-corrected chi connectivity index (χ3v) is 5.38. The van der Waals surface area contributed by atoms with Crippen LogP contribution >= 0.6 is 0 Å². The van der Waals surface area contributed by atoms with E-state index in [0.717, 1.165) is 60.2 Å². The molecule has 0 N–H and O–H groups in total. The van der Waals surface area contributed by atoms with Crippen LogP contribution in [-0.4, -0.2) is 46.1 Å². The van der Waals surface area contributed by atoms with Gasteiger partial charge in [0.05, 0.1) is 0 Å². The predicted octanol–water partition coefficient (Wildman–Crippen LogP) is 3.93. The van der Waals surface area contributed by atoms with E-state index in [2.05, 4.69) is 55.1 Å². The number of nitrogens with zero attached hydrogens (tertiary/aromatic N) is 6. The van der Waals surface area contributed by atoms with E-state index in [1.807, 2.05) is 42.9 Å². The minimum atomic E-state index is 0.791. The average Bonchev–Trinajstić information content (AvgIpc) is 2.85. The zero-order valence-corrected chi connectivity index (χ0v) is 16.6. The second-order valence-electron chi connectivity index (χ2n) is 7.22. The van der Waals surface area contributed by atoms with E-state index in [-0.39, 0.29) is 0 Å². The van der Waals surface area contributed by atoms with Crippen molar-refractivity contribution in [1.29, 1.82) is 0 Å². The first-order valence-corrected chi connectivity index (χ1v) is 10.1. The Balaban J connectivity index is 1.46. The summed E-state index contributed by atoms with van der Waals surface area (Å²) >= 11 is 0. The molecule has 3 aromatic heterocycles. The number of aromatic nitrogens is 4. The van der Waals surface area contributed by atoms with E-state index in [4.69, 9.17) is 4.98 Å². The molecule has 1 saturated heterocycles. The van der Waals surface area contributed by atoms with Gasteiger partial charge in [-0.2, -0.15) is 0 Å². The Labute approximate surface area is 175 Å². The Kier molecular flexibility index (Phi) is 5.04. The summed E-state index contributed by atoms with van der Waals surface area (Å²) in [6.45, 7) is 3.46. The molecule has 0 spiro atoms. The van der Waals surface area contributed by atoms with E-state index in [1.54, 1.807) is 12.4 Å². The molecule has 6 nitrogen and oxygen atoms in total.